The number of carbonyl (C=O) groups is 1. The van der Waals surface area contributed by atoms with Crippen LogP contribution < -0.4 is 4.74 Å². The van der Waals surface area contributed by atoms with E-state index in [9.17, 15) is 18.0 Å². The summed E-state index contributed by atoms with van der Waals surface area (Å²) in [6.45, 7) is 0. The Bertz CT molecular complexity index is 974. The topological polar surface area (TPSA) is 65.9 Å². The first-order valence-corrected chi connectivity index (χ1v) is 6.37. The second-order valence-corrected chi connectivity index (χ2v) is 4.61. The molecular weight excluding hydrogens is 309 g/mol. The number of aromatic amines is 1. The van der Waals surface area contributed by atoms with Gasteiger partial charge in [-0.05, 0) is 18.2 Å². The summed E-state index contributed by atoms with van der Waals surface area (Å²) in [6.07, 6.45) is 1.69. The number of fused-ring (bicyclic) bond motifs is 1. The molecule has 1 N–H and O–H groups in total. The van der Waals surface area contributed by atoms with E-state index in [0.717, 1.165) is 18.2 Å². The van der Waals surface area contributed by atoms with E-state index >= 15 is 0 Å². The van der Waals surface area contributed by atoms with Crippen molar-refractivity contribution >= 4 is 17.2 Å². The monoisotopic (exact) mass is 316 g/mol. The Morgan fingerprint density at radius 1 is 1.17 bits per heavy atom. The number of nitrogens with one attached hydrogen (secondary N) is 1. The SMILES string of the molecule is N#Cc1cc(Oc2c(F)c(F)c3[nH]ccc3c2C=O)ccc1F. The summed E-state index contributed by atoms with van der Waals surface area (Å²) in [5.74, 6) is -4.05. The van der Waals surface area contributed by atoms with Gasteiger partial charge in [0.05, 0.1) is 16.6 Å². The Labute approximate surface area is 127 Å². The summed E-state index contributed by atoms with van der Waals surface area (Å²) < 4.78 is 46.7. The summed E-state index contributed by atoms with van der Waals surface area (Å²) in [5, 5.41) is 8.93. The number of H-pyrrole nitrogens is 1. The zero-order valence-electron chi connectivity index (χ0n) is 11.4. The molecule has 0 amide bonds. The van der Waals surface area contributed by atoms with Crippen molar-refractivity contribution in [2.75, 3.05) is 0 Å². The number of rotatable bonds is 3. The van der Waals surface area contributed by atoms with Gasteiger partial charge in [0.2, 0.25) is 5.82 Å². The summed E-state index contributed by atoms with van der Waals surface area (Å²) in [5.41, 5.74) is -0.671. The predicted molar refractivity (Wildman–Crippen MR) is 74.8 cm³/mol. The molecule has 23 heavy (non-hydrogen) atoms. The van der Waals surface area contributed by atoms with Crippen LogP contribution in [0.5, 0.6) is 11.5 Å². The molecule has 114 valence electrons. The van der Waals surface area contributed by atoms with Gasteiger partial charge < -0.3 is 9.72 Å². The molecule has 0 spiro atoms. The second-order valence-electron chi connectivity index (χ2n) is 4.61. The molecule has 3 aromatic rings. The average molecular weight is 316 g/mol. The molecular formula is C16H7F3N2O2. The first-order valence-electron chi connectivity index (χ1n) is 6.37. The Morgan fingerprint density at radius 2 is 1.96 bits per heavy atom. The van der Waals surface area contributed by atoms with Gasteiger partial charge in [-0.3, -0.25) is 4.79 Å². The zero-order valence-corrected chi connectivity index (χ0v) is 11.4. The molecule has 0 fully saturated rings. The first kappa shape index (κ1) is 14.7. The Hall–Kier alpha value is -3.27. The van der Waals surface area contributed by atoms with Crippen LogP contribution >= 0.6 is 0 Å². The number of nitrogens with zero attached hydrogens (tertiary/aromatic N) is 1. The van der Waals surface area contributed by atoms with Crippen molar-refractivity contribution in [2.45, 2.75) is 0 Å². The van der Waals surface area contributed by atoms with Gasteiger partial charge in [-0.25, -0.2) is 8.78 Å². The largest absolute Gasteiger partial charge is 0.453 e. The predicted octanol–water partition coefficient (Wildman–Crippen LogP) is 4.06. The van der Waals surface area contributed by atoms with Crippen molar-refractivity contribution in [1.82, 2.24) is 4.98 Å². The summed E-state index contributed by atoms with van der Waals surface area (Å²) in [7, 11) is 0. The molecule has 1 aromatic heterocycles. The van der Waals surface area contributed by atoms with Crippen molar-refractivity contribution in [3.05, 3.63) is 59.0 Å². The quantitative estimate of drug-likeness (QED) is 0.741. The minimum absolute atomic E-state index is 0.0979. The molecule has 1 heterocycles. The molecule has 0 aliphatic heterocycles. The number of benzene rings is 2. The van der Waals surface area contributed by atoms with Gasteiger partial charge in [-0.2, -0.15) is 9.65 Å². The number of halogens is 3. The number of hydrogen-bond donors (Lipinski definition) is 1. The minimum atomic E-state index is -1.36. The smallest absolute Gasteiger partial charge is 0.204 e. The fourth-order valence-corrected chi connectivity index (χ4v) is 2.21. The average Bonchev–Trinajstić information content (AvgIpc) is 3.04. The van der Waals surface area contributed by atoms with Crippen LogP contribution in [0.3, 0.4) is 0 Å². The molecule has 0 aliphatic carbocycles. The lowest BCUT2D eigenvalue weighted by atomic mass is 10.1. The van der Waals surface area contributed by atoms with Crippen LogP contribution in [0, 0.1) is 28.8 Å². The lowest BCUT2D eigenvalue weighted by Crippen LogP contribution is -1.99. The highest BCUT2D eigenvalue weighted by atomic mass is 19.2. The molecule has 4 nitrogen and oxygen atoms in total. The maximum absolute atomic E-state index is 14.2. The molecule has 0 atom stereocenters. The third-order valence-electron chi connectivity index (χ3n) is 3.29. The van der Waals surface area contributed by atoms with Gasteiger partial charge in [0, 0.05) is 17.6 Å². The second kappa shape index (κ2) is 5.50. The van der Waals surface area contributed by atoms with Crippen LogP contribution in [0.4, 0.5) is 13.2 Å². The fraction of sp³-hybridized carbons (Fsp3) is 0. The summed E-state index contributed by atoms with van der Waals surface area (Å²) in [4.78, 5) is 13.8. The standard InChI is InChI=1S/C16H7F3N2O2/c17-12-2-1-9(5-8(12)6-20)23-16-11(7-22)10-3-4-21-15(10)13(18)14(16)19/h1-5,7,21H. The maximum atomic E-state index is 14.2. The Kier molecular flexibility index (Phi) is 3.50. The van der Waals surface area contributed by atoms with Gasteiger partial charge in [0.25, 0.3) is 0 Å². The molecule has 2 aromatic carbocycles. The number of ether oxygens (including phenoxy) is 1. The van der Waals surface area contributed by atoms with Crippen LogP contribution in [0.2, 0.25) is 0 Å². The van der Waals surface area contributed by atoms with E-state index in [1.54, 1.807) is 6.07 Å². The first-order chi connectivity index (χ1) is 11.1. The molecule has 0 aliphatic rings. The number of aldehydes is 1. The number of aromatic nitrogens is 1. The van der Waals surface area contributed by atoms with E-state index in [-0.39, 0.29) is 27.8 Å². The van der Waals surface area contributed by atoms with Crippen LogP contribution in [0.15, 0.2) is 30.5 Å². The van der Waals surface area contributed by atoms with Gasteiger partial charge >= 0.3 is 0 Å². The van der Waals surface area contributed by atoms with Crippen LogP contribution in [0.1, 0.15) is 15.9 Å². The van der Waals surface area contributed by atoms with E-state index < -0.39 is 23.2 Å². The Balaban J connectivity index is 2.18. The molecule has 0 saturated heterocycles. The highest BCUT2D eigenvalue weighted by Crippen LogP contribution is 2.35. The highest BCUT2D eigenvalue weighted by molar-refractivity contribution is 6.00. The lowest BCUT2D eigenvalue weighted by molar-refractivity contribution is 0.112. The molecule has 0 unspecified atom stereocenters. The third-order valence-corrected chi connectivity index (χ3v) is 3.29. The van der Waals surface area contributed by atoms with Gasteiger partial charge in [0.15, 0.2) is 17.9 Å². The molecule has 0 radical (unpaired) electrons. The van der Waals surface area contributed by atoms with Crippen LogP contribution in [-0.2, 0) is 0 Å². The van der Waals surface area contributed by atoms with E-state index in [2.05, 4.69) is 4.98 Å². The van der Waals surface area contributed by atoms with E-state index in [4.69, 9.17) is 10.00 Å². The third kappa shape index (κ3) is 2.30. The number of carbonyl (C=O) groups excluding carboxylic acids is 1. The molecule has 3 rings (SSSR count). The van der Waals surface area contributed by atoms with Gasteiger partial charge in [-0.15, -0.1) is 0 Å². The normalized spacial score (nSPS) is 10.5. The minimum Gasteiger partial charge on any atom is -0.453 e. The number of hydrogen-bond acceptors (Lipinski definition) is 3. The summed E-state index contributed by atoms with van der Waals surface area (Å²) in [6, 6.07) is 6.14. The molecule has 7 heteroatoms. The van der Waals surface area contributed by atoms with E-state index in [1.807, 2.05) is 0 Å². The summed E-state index contributed by atoms with van der Waals surface area (Å²) >= 11 is 0. The van der Waals surface area contributed by atoms with Gasteiger partial charge in [-0.1, -0.05) is 0 Å². The van der Waals surface area contributed by atoms with Crippen molar-refractivity contribution in [3.8, 4) is 17.6 Å². The van der Waals surface area contributed by atoms with Gasteiger partial charge in [0.1, 0.15) is 17.6 Å². The molecule has 0 bridgehead atoms. The van der Waals surface area contributed by atoms with Crippen molar-refractivity contribution in [2.24, 2.45) is 0 Å². The van der Waals surface area contributed by atoms with Crippen molar-refractivity contribution < 1.29 is 22.7 Å². The maximum Gasteiger partial charge on any atom is 0.204 e. The van der Waals surface area contributed by atoms with Crippen molar-refractivity contribution in [3.63, 3.8) is 0 Å². The lowest BCUT2D eigenvalue weighted by Gasteiger charge is -2.11. The highest BCUT2D eigenvalue weighted by Gasteiger charge is 2.22. The van der Waals surface area contributed by atoms with E-state index in [1.165, 1.54) is 12.3 Å². The number of nitriles is 1. The Morgan fingerprint density at radius 3 is 2.65 bits per heavy atom. The van der Waals surface area contributed by atoms with Crippen LogP contribution in [0.25, 0.3) is 10.9 Å². The van der Waals surface area contributed by atoms with Crippen molar-refractivity contribution in [1.29, 1.82) is 5.26 Å². The zero-order chi connectivity index (χ0) is 16.6. The molecule has 0 saturated carbocycles. The fourth-order valence-electron chi connectivity index (χ4n) is 2.21. The van der Waals surface area contributed by atoms with Crippen LogP contribution in [-0.4, -0.2) is 11.3 Å². The van der Waals surface area contributed by atoms with E-state index in [0.29, 0.717) is 6.29 Å².